The van der Waals surface area contributed by atoms with Gasteiger partial charge in [0, 0.05) is 22.8 Å². The van der Waals surface area contributed by atoms with Gasteiger partial charge in [-0.05, 0) is 63.4 Å². The Labute approximate surface area is 165 Å². The molecule has 2 aromatic carbocycles. The minimum atomic E-state index is 0.863. The van der Waals surface area contributed by atoms with E-state index in [9.17, 15) is 0 Å². The predicted octanol–water partition coefficient (Wildman–Crippen LogP) is 6.69. The van der Waals surface area contributed by atoms with Crippen LogP contribution in [0.1, 0.15) is 0 Å². The molecular formula is C17H12BrI2NO. The maximum atomic E-state index is 6.18. The van der Waals surface area contributed by atoms with E-state index in [4.69, 9.17) is 4.42 Å². The van der Waals surface area contributed by atoms with Crippen LogP contribution in [0.2, 0.25) is 0 Å². The fourth-order valence-corrected chi connectivity index (χ4v) is 3.93. The molecule has 0 atom stereocenters. The Kier molecular flexibility index (Phi) is 5.13. The first-order chi connectivity index (χ1) is 10.6. The summed E-state index contributed by atoms with van der Waals surface area (Å²) in [4.78, 5) is 2.07. The number of anilines is 2. The number of hydrogen-bond donors (Lipinski definition) is 0. The minimum Gasteiger partial charge on any atom is -0.438 e. The summed E-state index contributed by atoms with van der Waals surface area (Å²) in [7, 11) is 2.02. The van der Waals surface area contributed by atoms with Crippen LogP contribution >= 0.6 is 61.1 Å². The monoisotopic (exact) mass is 579 g/mol. The van der Waals surface area contributed by atoms with Crippen molar-refractivity contribution in [1.82, 2.24) is 0 Å². The van der Waals surface area contributed by atoms with Gasteiger partial charge in [0.15, 0.2) is 5.76 Å². The fourth-order valence-electron chi connectivity index (χ4n) is 2.17. The summed E-state index contributed by atoms with van der Waals surface area (Å²) in [5.41, 5.74) is 2.18. The van der Waals surface area contributed by atoms with E-state index in [1.807, 2.05) is 37.4 Å². The van der Waals surface area contributed by atoms with Gasteiger partial charge >= 0.3 is 0 Å². The first kappa shape index (κ1) is 16.3. The van der Waals surface area contributed by atoms with Gasteiger partial charge in [-0.2, -0.15) is 0 Å². The molecule has 0 aliphatic carbocycles. The second-order valence-corrected chi connectivity index (χ2v) is 7.84. The molecule has 112 valence electrons. The molecule has 0 N–H and O–H groups in total. The first-order valence-corrected chi connectivity index (χ1v) is 9.55. The minimum absolute atomic E-state index is 0.863. The van der Waals surface area contributed by atoms with Crippen LogP contribution in [0.4, 0.5) is 11.6 Å². The Balaban J connectivity index is 2.05. The standard InChI is InChI=1S/C17H12BrI2NO/c1-21(13-9-5-8-12(18)10-13)17-15(20)14(19)16(22-17)11-6-3-2-4-7-11/h2-10H,1H3. The molecule has 2 nitrogen and oxygen atoms in total. The molecule has 1 aromatic heterocycles. The summed E-state index contributed by atoms with van der Waals surface area (Å²) in [5.74, 6) is 1.78. The number of benzene rings is 2. The predicted molar refractivity (Wildman–Crippen MR) is 112 cm³/mol. The van der Waals surface area contributed by atoms with E-state index in [0.717, 1.165) is 34.5 Å². The van der Waals surface area contributed by atoms with Crippen molar-refractivity contribution in [1.29, 1.82) is 0 Å². The van der Waals surface area contributed by atoms with Gasteiger partial charge in [-0.25, -0.2) is 0 Å². The Hall–Kier alpha value is -0.540. The van der Waals surface area contributed by atoms with E-state index in [2.05, 4.69) is 90.3 Å². The van der Waals surface area contributed by atoms with Crippen LogP contribution in [0.3, 0.4) is 0 Å². The van der Waals surface area contributed by atoms with Gasteiger partial charge in [0.2, 0.25) is 5.88 Å². The lowest BCUT2D eigenvalue weighted by atomic mass is 10.2. The van der Waals surface area contributed by atoms with Crippen molar-refractivity contribution >= 4 is 72.7 Å². The van der Waals surface area contributed by atoms with Gasteiger partial charge in [0.05, 0.1) is 7.14 Å². The molecule has 0 unspecified atom stereocenters. The lowest BCUT2D eigenvalue weighted by molar-refractivity contribution is 0.581. The molecule has 0 amide bonds. The second kappa shape index (κ2) is 6.92. The fraction of sp³-hybridized carbons (Fsp3) is 0.0588. The molecule has 0 aliphatic heterocycles. The molecule has 1 heterocycles. The van der Waals surface area contributed by atoms with Crippen molar-refractivity contribution in [3.8, 4) is 11.3 Å². The molecule has 3 rings (SSSR count). The summed E-state index contributed by atoms with van der Waals surface area (Å²) in [6, 6.07) is 18.4. The van der Waals surface area contributed by atoms with Crippen LogP contribution < -0.4 is 4.90 Å². The average molecular weight is 580 g/mol. The van der Waals surface area contributed by atoms with Gasteiger partial charge in [0.1, 0.15) is 0 Å². The van der Waals surface area contributed by atoms with Crippen LogP contribution in [0.15, 0.2) is 63.5 Å². The SMILES string of the molecule is CN(c1cccc(Br)c1)c1oc(-c2ccccc2)c(I)c1I. The smallest absolute Gasteiger partial charge is 0.214 e. The molecule has 0 spiro atoms. The molecular weight excluding hydrogens is 568 g/mol. The van der Waals surface area contributed by atoms with Crippen LogP contribution in [0.25, 0.3) is 11.3 Å². The molecule has 22 heavy (non-hydrogen) atoms. The highest BCUT2D eigenvalue weighted by atomic mass is 127. The quantitative estimate of drug-likeness (QED) is 0.322. The van der Waals surface area contributed by atoms with Gasteiger partial charge in [0.25, 0.3) is 0 Å². The molecule has 0 aliphatic rings. The average Bonchev–Trinajstić information content (AvgIpc) is 2.83. The summed E-state index contributed by atoms with van der Waals surface area (Å²) in [5, 5.41) is 0. The highest BCUT2D eigenvalue weighted by Crippen LogP contribution is 2.40. The Bertz CT molecular complexity index is 802. The second-order valence-electron chi connectivity index (χ2n) is 4.77. The van der Waals surface area contributed by atoms with Gasteiger partial charge < -0.3 is 9.32 Å². The first-order valence-electron chi connectivity index (χ1n) is 6.60. The van der Waals surface area contributed by atoms with Crippen molar-refractivity contribution in [2.75, 3.05) is 11.9 Å². The normalized spacial score (nSPS) is 10.7. The van der Waals surface area contributed by atoms with E-state index >= 15 is 0 Å². The number of halogens is 3. The largest absolute Gasteiger partial charge is 0.438 e. The molecule has 0 saturated carbocycles. The lowest BCUT2D eigenvalue weighted by Gasteiger charge is -2.17. The zero-order valence-corrected chi connectivity index (χ0v) is 17.6. The van der Waals surface area contributed by atoms with Crippen LogP contribution in [0, 0.1) is 7.14 Å². The summed E-state index contributed by atoms with van der Waals surface area (Å²) in [6.45, 7) is 0. The highest BCUT2D eigenvalue weighted by molar-refractivity contribution is 14.1. The number of rotatable bonds is 3. The van der Waals surface area contributed by atoms with Gasteiger partial charge in [-0.15, -0.1) is 0 Å². The van der Waals surface area contributed by atoms with E-state index in [0.29, 0.717) is 0 Å². The van der Waals surface area contributed by atoms with Crippen LogP contribution in [0.5, 0.6) is 0 Å². The maximum absolute atomic E-state index is 6.18. The Morgan fingerprint density at radius 1 is 0.955 bits per heavy atom. The molecule has 0 saturated heterocycles. The number of nitrogens with zero attached hydrogens (tertiary/aromatic N) is 1. The molecule has 5 heteroatoms. The van der Waals surface area contributed by atoms with Crippen LogP contribution in [-0.4, -0.2) is 7.05 Å². The van der Waals surface area contributed by atoms with Crippen LogP contribution in [-0.2, 0) is 0 Å². The van der Waals surface area contributed by atoms with E-state index in [1.165, 1.54) is 0 Å². The summed E-state index contributed by atoms with van der Waals surface area (Å²) in [6.07, 6.45) is 0. The van der Waals surface area contributed by atoms with E-state index in [1.54, 1.807) is 0 Å². The van der Waals surface area contributed by atoms with Gasteiger partial charge in [-0.1, -0.05) is 52.3 Å². The molecule has 0 bridgehead atoms. The Morgan fingerprint density at radius 3 is 2.36 bits per heavy atom. The van der Waals surface area contributed by atoms with Crippen molar-refractivity contribution in [2.45, 2.75) is 0 Å². The summed E-state index contributed by atoms with van der Waals surface area (Å²) < 4.78 is 9.50. The van der Waals surface area contributed by atoms with Gasteiger partial charge in [-0.3, -0.25) is 0 Å². The Morgan fingerprint density at radius 2 is 1.68 bits per heavy atom. The van der Waals surface area contributed by atoms with E-state index in [-0.39, 0.29) is 0 Å². The summed E-state index contributed by atoms with van der Waals surface area (Å²) >= 11 is 8.22. The maximum Gasteiger partial charge on any atom is 0.214 e. The van der Waals surface area contributed by atoms with E-state index < -0.39 is 0 Å². The molecule has 3 aromatic rings. The zero-order valence-electron chi connectivity index (χ0n) is 11.7. The third kappa shape index (κ3) is 3.21. The highest BCUT2D eigenvalue weighted by Gasteiger charge is 2.21. The third-order valence-electron chi connectivity index (χ3n) is 3.31. The number of furan rings is 1. The third-order valence-corrected chi connectivity index (χ3v) is 6.87. The number of hydrogen-bond acceptors (Lipinski definition) is 2. The van der Waals surface area contributed by atoms with Crippen molar-refractivity contribution < 1.29 is 4.42 Å². The topological polar surface area (TPSA) is 16.4 Å². The lowest BCUT2D eigenvalue weighted by Crippen LogP contribution is -2.09. The molecule has 0 radical (unpaired) electrons. The zero-order chi connectivity index (χ0) is 15.7. The van der Waals surface area contributed by atoms with Crippen molar-refractivity contribution in [3.05, 3.63) is 66.2 Å². The molecule has 0 fully saturated rings. The van der Waals surface area contributed by atoms with Crippen molar-refractivity contribution in [2.24, 2.45) is 0 Å². The van der Waals surface area contributed by atoms with Crippen molar-refractivity contribution in [3.63, 3.8) is 0 Å².